The maximum atomic E-state index is 3.61. The van der Waals surface area contributed by atoms with Crippen LogP contribution in [-0.4, -0.2) is 37.1 Å². The van der Waals surface area contributed by atoms with Crippen molar-refractivity contribution in [3.63, 3.8) is 0 Å². The molecule has 0 radical (unpaired) electrons. The molecule has 1 aliphatic heterocycles. The van der Waals surface area contributed by atoms with E-state index in [-0.39, 0.29) is 0 Å². The van der Waals surface area contributed by atoms with E-state index in [0.29, 0.717) is 5.41 Å². The number of rotatable bonds is 2. The van der Waals surface area contributed by atoms with Gasteiger partial charge in [-0.1, -0.05) is 27.7 Å². The smallest absolute Gasteiger partial charge is 0.0107 e. The number of hydrogen-bond acceptors (Lipinski definition) is 2. The molecule has 0 saturated carbocycles. The fourth-order valence-electron chi connectivity index (χ4n) is 2.16. The van der Waals surface area contributed by atoms with Crippen LogP contribution in [0.3, 0.4) is 0 Å². The third kappa shape index (κ3) is 4.43. The Bertz CT molecular complexity index is 160. The van der Waals surface area contributed by atoms with Crippen LogP contribution in [-0.2, 0) is 0 Å². The Hall–Kier alpha value is -0.0800. The van der Waals surface area contributed by atoms with E-state index in [4.69, 9.17) is 0 Å². The average Bonchev–Trinajstić information content (AvgIpc) is 2.27. The van der Waals surface area contributed by atoms with Crippen molar-refractivity contribution in [2.45, 2.75) is 46.6 Å². The summed E-state index contributed by atoms with van der Waals surface area (Å²) < 4.78 is 0. The molecule has 0 aliphatic carbocycles. The summed E-state index contributed by atoms with van der Waals surface area (Å²) in [6, 6.07) is 0.750. The van der Waals surface area contributed by atoms with Gasteiger partial charge in [-0.3, -0.25) is 0 Å². The summed E-state index contributed by atoms with van der Waals surface area (Å²) in [6.45, 7) is 14.1. The second-order valence-corrected chi connectivity index (χ2v) is 5.68. The molecular weight excluding hydrogens is 172 g/mol. The molecule has 14 heavy (non-hydrogen) atoms. The number of nitrogens with one attached hydrogen (secondary N) is 1. The second-order valence-electron chi connectivity index (χ2n) is 5.68. The average molecular weight is 198 g/mol. The third-order valence-corrected chi connectivity index (χ3v) is 2.85. The molecule has 0 aromatic heterocycles. The van der Waals surface area contributed by atoms with Crippen LogP contribution in [0.25, 0.3) is 0 Å². The van der Waals surface area contributed by atoms with E-state index in [2.05, 4.69) is 37.9 Å². The SMILES string of the molecule is CCC1CCN(CC(C)(C)C)CCN1. The Labute approximate surface area is 89.1 Å². The molecule has 84 valence electrons. The predicted molar refractivity (Wildman–Crippen MR) is 62.6 cm³/mol. The molecule has 1 unspecified atom stereocenters. The molecule has 1 aliphatic rings. The molecule has 1 atom stereocenters. The number of hydrogen-bond donors (Lipinski definition) is 1. The molecule has 0 aromatic rings. The topological polar surface area (TPSA) is 15.3 Å². The zero-order valence-corrected chi connectivity index (χ0v) is 10.3. The Morgan fingerprint density at radius 3 is 2.57 bits per heavy atom. The highest BCUT2D eigenvalue weighted by Crippen LogP contribution is 2.16. The van der Waals surface area contributed by atoms with Gasteiger partial charge in [0.05, 0.1) is 0 Å². The molecule has 0 amide bonds. The lowest BCUT2D eigenvalue weighted by atomic mass is 9.96. The van der Waals surface area contributed by atoms with Gasteiger partial charge in [-0.05, 0) is 24.8 Å². The molecule has 1 fully saturated rings. The Kier molecular flexibility index (Phi) is 4.39. The molecule has 0 aromatic carbocycles. The molecular formula is C12H26N2. The van der Waals surface area contributed by atoms with Crippen LogP contribution in [0.2, 0.25) is 0 Å². The highest BCUT2D eigenvalue weighted by Gasteiger charge is 2.19. The largest absolute Gasteiger partial charge is 0.313 e. The standard InChI is InChI=1S/C12H26N2/c1-5-11-6-8-14(9-7-13-11)10-12(2,3)4/h11,13H,5-10H2,1-4H3. The lowest BCUT2D eigenvalue weighted by Gasteiger charge is -2.28. The van der Waals surface area contributed by atoms with Gasteiger partial charge < -0.3 is 10.2 Å². The Morgan fingerprint density at radius 2 is 2.00 bits per heavy atom. The van der Waals surface area contributed by atoms with Crippen molar-refractivity contribution in [1.29, 1.82) is 0 Å². The zero-order valence-electron chi connectivity index (χ0n) is 10.3. The van der Waals surface area contributed by atoms with Crippen molar-refractivity contribution in [1.82, 2.24) is 10.2 Å². The summed E-state index contributed by atoms with van der Waals surface area (Å²) in [5.41, 5.74) is 0.437. The van der Waals surface area contributed by atoms with E-state index < -0.39 is 0 Å². The minimum atomic E-state index is 0.437. The molecule has 0 spiro atoms. The van der Waals surface area contributed by atoms with Crippen molar-refractivity contribution < 1.29 is 0 Å². The summed E-state index contributed by atoms with van der Waals surface area (Å²) in [7, 11) is 0. The van der Waals surface area contributed by atoms with Gasteiger partial charge in [0, 0.05) is 25.7 Å². The van der Waals surface area contributed by atoms with Crippen LogP contribution in [0.4, 0.5) is 0 Å². The van der Waals surface area contributed by atoms with Crippen molar-refractivity contribution >= 4 is 0 Å². The van der Waals surface area contributed by atoms with Crippen LogP contribution in [0.5, 0.6) is 0 Å². The number of nitrogens with zero attached hydrogens (tertiary/aromatic N) is 1. The third-order valence-electron chi connectivity index (χ3n) is 2.85. The summed E-state index contributed by atoms with van der Waals surface area (Å²) >= 11 is 0. The van der Waals surface area contributed by atoms with Crippen molar-refractivity contribution in [2.24, 2.45) is 5.41 Å². The summed E-state index contributed by atoms with van der Waals surface area (Å²) in [4.78, 5) is 2.60. The minimum Gasteiger partial charge on any atom is -0.313 e. The van der Waals surface area contributed by atoms with E-state index in [1.165, 1.54) is 32.5 Å². The molecule has 1 N–H and O–H groups in total. The van der Waals surface area contributed by atoms with Crippen molar-refractivity contribution in [2.75, 3.05) is 26.2 Å². The molecule has 2 heteroatoms. The van der Waals surface area contributed by atoms with Crippen LogP contribution in [0, 0.1) is 5.41 Å². The first-order valence-corrected chi connectivity index (χ1v) is 5.97. The lowest BCUT2D eigenvalue weighted by Crippen LogP contribution is -2.35. The lowest BCUT2D eigenvalue weighted by molar-refractivity contribution is 0.200. The quantitative estimate of drug-likeness (QED) is 0.731. The highest BCUT2D eigenvalue weighted by molar-refractivity contribution is 4.77. The van der Waals surface area contributed by atoms with E-state index in [1.807, 2.05) is 0 Å². The fraction of sp³-hybridized carbons (Fsp3) is 1.00. The maximum absolute atomic E-state index is 3.61. The van der Waals surface area contributed by atoms with Crippen LogP contribution < -0.4 is 5.32 Å². The first-order chi connectivity index (χ1) is 6.51. The normalized spacial score (nSPS) is 26.1. The summed E-state index contributed by atoms with van der Waals surface area (Å²) in [6.07, 6.45) is 2.58. The van der Waals surface area contributed by atoms with Gasteiger partial charge in [0.15, 0.2) is 0 Å². The van der Waals surface area contributed by atoms with Gasteiger partial charge in [-0.25, -0.2) is 0 Å². The molecule has 1 rings (SSSR count). The summed E-state index contributed by atoms with van der Waals surface area (Å²) in [5, 5.41) is 3.61. The Morgan fingerprint density at radius 1 is 1.29 bits per heavy atom. The minimum absolute atomic E-state index is 0.437. The van der Waals surface area contributed by atoms with Gasteiger partial charge in [0.2, 0.25) is 0 Å². The van der Waals surface area contributed by atoms with Crippen LogP contribution >= 0.6 is 0 Å². The van der Waals surface area contributed by atoms with Crippen LogP contribution in [0.1, 0.15) is 40.5 Å². The van der Waals surface area contributed by atoms with Gasteiger partial charge >= 0.3 is 0 Å². The van der Waals surface area contributed by atoms with Gasteiger partial charge in [0.25, 0.3) is 0 Å². The van der Waals surface area contributed by atoms with E-state index in [1.54, 1.807) is 0 Å². The maximum Gasteiger partial charge on any atom is 0.0107 e. The molecule has 2 nitrogen and oxygen atoms in total. The van der Waals surface area contributed by atoms with E-state index >= 15 is 0 Å². The van der Waals surface area contributed by atoms with Crippen molar-refractivity contribution in [3.8, 4) is 0 Å². The second kappa shape index (κ2) is 5.13. The van der Waals surface area contributed by atoms with E-state index in [9.17, 15) is 0 Å². The van der Waals surface area contributed by atoms with Crippen LogP contribution in [0.15, 0.2) is 0 Å². The first-order valence-electron chi connectivity index (χ1n) is 5.97. The highest BCUT2D eigenvalue weighted by atomic mass is 15.2. The zero-order chi connectivity index (χ0) is 10.6. The molecule has 1 heterocycles. The Balaban J connectivity index is 2.34. The fourth-order valence-corrected chi connectivity index (χ4v) is 2.16. The predicted octanol–water partition coefficient (Wildman–Crippen LogP) is 2.11. The molecule has 0 bridgehead atoms. The van der Waals surface area contributed by atoms with Gasteiger partial charge in [-0.15, -0.1) is 0 Å². The van der Waals surface area contributed by atoms with E-state index in [0.717, 1.165) is 12.6 Å². The van der Waals surface area contributed by atoms with Gasteiger partial charge in [0.1, 0.15) is 0 Å². The summed E-state index contributed by atoms with van der Waals surface area (Å²) in [5.74, 6) is 0. The first kappa shape index (κ1) is 12.0. The molecule has 1 saturated heterocycles. The van der Waals surface area contributed by atoms with Gasteiger partial charge in [-0.2, -0.15) is 0 Å². The van der Waals surface area contributed by atoms with Crippen molar-refractivity contribution in [3.05, 3.63) is 0 Å². The monoisotopic (exact) mass is 198 g/mol.